The smallest absolute Gasteiger partial charge is 0.251 e. The summed E-state index contributed by atoms with van der Waals surface area (Å²) in [6.45, 7) is 8.62. The summed E-state index contributed by atoms with van der Waals surface area (Å²) in [7, 11) is 3.41. The van der Waals surface area contributed by atoms with E-state index in [1.807, 2.05) is 13.0 Å². The Kier molecular flexibility index (Phi) is 5.51. The summed E-state index contributed by atoms with van der Waals surface area (Å²) in [6.07, 6.45) is 0. The lowest BCUT2D eigenvalue weighted by molar-refractivity contribution is 0.0905. The van der Waals surface area contributed by atoms with Gasteiger partial charge in [0.2, 0.25) is 0 Å². The van der Waals surface area contributed by atoms with E-state index in [0.717, 1.165) is 5.69 Å². The van der Waals surface area contributed by atoms with Gasteiger partial charge in [0, 0.05) is 36.9 Å². The zero-order chi connectivity index (χ0) is 15.3. The van der Waals surface area contributed by atoms with Gasteiger partial charge in [-0.15, -0.1) is 0 Å². The van der Waals surface area contributed by atoms with E-state index in [2.05, 4.69) is 36.4 Å². The van der Waals surface area contributed by atoms with Crippen molar-refractivity contribution in [1.29, 1.82) is 0 Å². The minimum absolute atomic E-state index is 0.0308. The molecule has 1 unspecified atom stereocenters. The average molecular weight is 279 g/mol. The highest BCUT2D eigenvalue weighted by Gasteiger charge is 2.19. The zero-order valence-corrected chi connectivity index (χ0v) is 13.2. The largest absolute Gasteiger partial charge is 0.383 e. The van der Waals surface area contributed by atoms with Crippen LogP contribution >= 0.6 is 0 Å². The SMILES string of the molecule is CNc1cc(C(=O)NC(C)COC)cc(C(C)(C)C)n1. The number of anilines is 1. The number of carbonyl (C=O) groups is 1. The van der Waals surface area contributed by atoms with Crippen molar-refractivity contribution >= 4 is 11.7 Å². The second kappa shape index (κ2) is 6.70. The monoisotopic (exact) mass is 279 g/mol. The fraction of sp³-hybridized carbons (Fsp3) is 0.600. The molecule has 1 aromatic rings. The number of hydrogen-bond donors (Lipinski definition) is 2. The quantitative estimate of drug-likeness (QED) is 0.867. The molecule has 0 aromatic carbocycles. The number of nitrogens with zero attached hydrogens (tertiary/aromatic N) is 1. The molecule has 1 rings (SSSR count). The van der Waals surface area contributed by atoms with Gasteiger partial charge in [-0.1, -0.05) is 20.8 Å². The number of aromatic nitrogens is 1. The fourth-order valence-corrected chi connectivity index (χ4v) is 1.77. The predicted octanol–water partition coefficient (Wildman–Crippen LogP) is 2.19. The number of carbonyl (C=O) groups excluding carboxylic acids is 1. The predicted molar refractivity (Wildman–Crippen MR) is 81.3 cm³/mol. The van der Waals surface area contributed by atoms with Crippen LogP contribution in [0, 0.1) is 0 Å². The van der Waals surface area contributed by atoms with Crippen LogP contribution in [0.5, 0.6) is 0 Å². The van der Waals surface area contributed by atoms with Gasteiger partial charge in [0.05, 0.1) is 6.61 Å². The van der Waals surface area contributed by atoms with Gasteiger partial charge >= 0.3 is 0 Å². The van der Waals surface area contributed by atoms with Crippen LogP contribution in [0.2, 0.25) is 0 Å². The van der Waals surface area contributed by atoms with Crippen LogP contribution in [0.4, 0.5) is 5.82 Å². The standard InChI is InChI=1S/C15H25N3O2/c1-10(9-20-6)17-14(19)11-7-12(15(2,3)4)18-13(8-11)16-5/h7-8,10H,9H2,1-6H3,(H,16,18)(H,17,19). The van der Waals surface area contributed by atoms with Crippen LogP contribution < -0.4 is 10.6 Å². The third-order valence-electron chi connectivity index (χ3n) is 2.91. The van der Waals surface area contributed by atoms with E-state index in [4.69, 9.17) is 4.74 Å². The molecule has 112 valence electrons. The van der Waals surface area contributed by atoms with Gasteiger partial charge in [-0.25, -0.2) is 4.98 Å². The number of rotatable bonds is 5. The molecule has 0 fully saturated rings. The molecular weight excluding hydrogens is 254 g/mol. The van der Waals surface area contributed by atoms with E-state index in [1.165, 1.54) is 0 Å². The highest BCUT2D eigenvalue weighted by molar-refractivity contribution is 5.95. The highest BCUT2D eigenvalue weighted by Crippen LogP contribution is 2.23. The minimum atomic E-state index is -0.112. The Morgan fingerprint density at radius 3 is 2.55 bits per heavy atom. The lowest BCUT2D eigenvalue weighted by Crippen LogP contribution is -2.35. The van der Waals surface area contributed by atoms with Crippen LogP contribution in [-0.4, -0.2) is 37.7 Å². The maximum atomic E-state index is 12.3. The fourth-order valence-electron chi connectivity index (χ4n) is 1.77. The van der Waals surface area contributed by atoms with Gasteiger partial charge in [-0.2, -0.15) is 0 Å². The Labute approximate surface area is 121 Å². The molecule has 0 radical (unpaired) electrons. The molecule has 1 heterocycles. The van der Waals surface area contributed by atoms with Crippen molar-refractivity contribution in [2.45, 2.75) is 39.2 Å². The molecule has 1 atom stereocenters. The highest BCUT2D eigenvalue weighted by atomic mass is 16.5. The molecule has 20 heavy (non-hydrogen) atoms. The summed E-state index contributed by atoms with van der Waals surface area (Å²) in [4.78, 5) is 16.8. The van der Waals surface area contributed by atoms with Crippen molar-refractivity contribution < 1.29 is 9.53 Å². The van der Waals surface area contributed by atoms with Crippen molar-refractivity contribution in [2.75, 3.05) is 26.1 Å². The van der Waals surface area contributed by atoms with E-state index < -0.39 is 0 Å². The first-order valence-electron chi connectivity index (χ1n) is 6.78. The van der Waals surface area contributed by atoms with Crippen molar-refractivity contribution in [1.82, 2.24) is 10.3 Å². The number of pyridine rings is 1. The molecule has 0 aliphatic carbocycles. The molecule has 0 saturated heterocycles. The Morgan fingerprint density at radius 2 is 2.05 bits per heavy atom. The van der Waals surface area contributed by atoms with Gasteiger partial charge in [0.1, 0.15) is 5.82 Å². The van der Waals surface area contributed by atoms with Crippen molar-refractivity contribution in [2.24, 2.45) is 0 Å². The summed E-state index contributed by atoms with van der Waals surface area (Å²) in [5.74, 6) is 0.584. The summed E-state index contributed by atoms with van der Waals surface area (Å²) in [6, 6.07) is 3.57. The summed E-state index contributed by atoms with van der Waals surface area (Å²) >= 11 is 0. The average Bonchev–Trinajstić information content (AvgIpc) is 2.37. The van der Waals surface area contributed by atoms with E-state index in [0.29, 0.717) is 18.0 Å². The molecule has 0 saturated carbocycles. The normalized spacial score (nSPS) is 12.9. The molecule has 5 heteroatoms. The van der Waals surface area contributed by atoms with Gasteiger partial charge < -0.3 is 15.4 Å². The lowest BCUT2D eigenvalue weighted by Gasteiger charge is -2.20. The Hall–Kier alpha value is -1.62. The summed E-state index contributed by atoms with van der Waals surface area (Å²) < 4.78 is 5.02. The zero-order valence-electron chi connectivity index (χ0n) is 13.2. The van der Waals surface area contributed by atoms with Crippen LogP contribution in [0.25, 0.3) is 0 Å². The first-order valence-corrected chi connectivity index (χ1v) is 6.78. The van der Waals surface area contributed by atoms with Gasteiger partial charge in [-0.05, 0) is 19.1 Å². The first-order chi connectivity index (χ1) is 9.27. The number of nitrogens with one attached hydrogen (secondary N) is 2. The molecule has 5 nitrogen and oxygen atoms in total. The van der Waals surface area contributed by atoms with Crippen LogP contribution in [0.15, 0.2) is 12.1 Å². The third kappa shape index (κ3) is 4.49. The molecule has 1 aromatic heterocycles. The van der Waals surface area contributed by atoms with E-state index in [-0.39, 0.29) is 17.4 Å². The maximum absolute atomic E-state index is 12.3. The van der Waals surface area contributed by atoms with Crippen molar-refractivity contribution in [3.63, 3.8) is 0 Å². The van der Waals surface area contributed by atoms with Crippen LogP contribution in [-0.2, 0) is 10.2 Å². The maximum Gasteiger partial charge on any atom is 0.251 e. The molecule has 0 aliphatic heterocycles. The van der Waals surface area contributed by atoms with E-state index in [1.54, 1.807) is 20.2 Å². The van der Waals surface area contributed by atoms with Gasteiger partial charge in [0.25, 0.3) is 5.91 Å². The first kappa shape index (κ1) is 16.4. The second-order valence-electron chi connectivity index (χ2n) is 5.96. The van der Waals surface area contributed by atoms with Gasteiger partial charge in [0.15, 0.2) is 0 Å². The Bertz CT molecular complexity index is 467. The van der Waals surface area contributed by atoms with Crippen molar-refractivity contribution in [3.8, 4) is 0 Å². The number of amides is 1. The number of methoxy groups -OCH3 is 1. The minimum Gasteiger partial charge on any atom is -0.383 e. The molecule has 1 amide bonds. The Morgan fingerprint density at radius 1 is 1.40 bits per heavy atom. The van der Waals surface area contributed by atoms with E-state index >= 15 is 0 Å². The molecule has 0 bridgehead atoms. The summed E-state index contributed by atoms with van der Waals surface area (Å²) in [5.41, 5.74) is 1.38. The molecule has 0 spiro atoms. The summed E-state index contributed by atoms with van der Waals surface area (Å²) in [5, 5.41) is 5.90. The van der Waals surface area contributed by atoms with E-state index in [9.17, 15) is 4.79 Å². The third-order valence-corrected chi connectivity index (χ3v) is 2.91. The van der Waals surface area contributed by atoms with Gasteiger partial charge in [-0.3, -0.25) is 4.79 Å². The molecular formula is C15H25N3O2. The second-order valence-corrected chi connectivity index (χ2v) is 5.96. The topological polar surface area (TPSA) is 63.2 Å². The number of ether oxygens (including phenoxy) is 1. The molecule has 0 aliphatic rings. The van der Waals surface area contributed by atoms with Crippen LogP contribution in [0.3, 0.4) is 0 Å². The van der Waals surface area contributed by atoms with Crippen LogP contribution in [0.1, 0.15) is 43.7 Å². The van der Waals surface area contributed by atoms with Crippen molar-refractivity contribution in [3.05, 3.63) is 23.4 Å². The number of hydrogen-bond acceptors (Lipinski definition) is 4. The Balaban J connectivity index is 3.02. The lowest BCUT2D eigenvalue weighted by atomic mass is 9.90. The molecule has 2 N–H and O–H groups in total.